The minimum Gasteiger partial charge on any atom is -0.368 e. The van der Waals surface area contributed by atoms with E-state index in [2.05, 4.69) is 81.3 Å². The number of likely N-dealkylation sites (tertiary alicyclic amines) is 1. The van der Waals surface area contributed by atoms with Crippen LogP contribution in [0.3, 0.4) is 0 Å². The summed E-state index contributed by atoms with van der Waals surface area (Å²) in [5.41, 5.74) is 5.22. The number of aryl methyl sites for hydroxylation is 1. The SMILES string of the molecule is Cc1cccc(N2CCN(C(=O)CN3CCC(c4c[nH]c5ccccc45)CC3)CC2)c1. The molecule has 162 valence electrons. The van der Waals surface area contributed by atoms with Gasteiger partial charge in [0.25, 0.3) is 0 Å². The van der Waals surface area contributed by atoms with Gasteiger partial charge < -0.3 is 14.8 Å². The first-order chi connectivity index (χ1) is 15.2. The number of carbonyl (C=O) groups is 1. The lowest BCUT2D eigenvalue weighted by Gasteiger charge is -2.38. The van der Waals surface area contributed by atoms with Crippen LogP contribution in [0, 0.1) is 6.92 Å². The molecule has 1 amide bonds. The second-order valence-electron chi connectivity index (χ2n) is 9.05. The number of amides is 1. The molecule has 0 bridgehead atoms. The Bertz CT molecular complexity index is 1040. The summed E-state index contributed by atoms with van der Waals surface area (Å²) in [4.78, 5) is 23.1. The molecule has 31 heavy (non-hydrogen) atoms. The van der Waals surface area contributed by atoms with Crippen molar-refractivity contribution in [2.75, 3.05) is 50.7 Å². The number of para-hydroxylation sites is 1. The summed E-state index contributed by atoms with van der Waals surface area (Å²) < 4.78 is 0. The standard InChI is InChI=1S/C26H32N4O/c1-20-5-4-6-22(17-20)29-13-15-30(16-14-29)26(31)19-28-11-9-21(10-12-28)24-18-27-25-8-3-2-7-23(24)25/h2-8,17-18,21,27H,9-16,19H2,1H3. The molecule has 2 saturated heterocycles. The average Bonchev–Trinajstić information content (AvgIpc) is 3.24. The second-order valence-corrected chi connectivity index (χ2v) is 9.05. The summed E-state index contributed by atoms with van der Waals surface area (Å²) in [5, 5.41) is 1.35. The Balaban J connectivity index is 1.11. The Morgan fingerprint density at radius 1 is 0.968 bits per heavy atom. The minimum atomic E-state index is 0.287. The van der Waals surface area contributed by atoms with Crippen LogP contribution in [0.4, 0.5) is 5.69 Å². The molecule has 1 aromatic heterocycles. The normalized spacial score (nSPS) is 18.6. The number of aromatic amines is 1. The molecule has 0 radical (unpaired) electrons. The Morgan fingerprint density at radius 3 is 2.52 bits per heavy atom. The molecule has 0 spiro atoms. The maximum Gasteiger partial charge on any atom is 0.236 e. The summed E-state index contributed by atoms with van der Waals surface area (Å²) in [6, 6.07) is 17.2. The number of piperidine rings is 1. The number of hydrogen-bond acceptors (Lipinski definition) is 3. The smallest absolute Gasteiger partial charge is 0.236 e. The van der Waals surface area contributed by atoms with E-state index in [0.717, 1.165) is 52.1 Å². The number of carbonyl (C=O) groups excluding carboxylic acids is 1. The van der Waals surface area contributed by atoms with Crippen molar-refractivity contribution >= 4 is 22.5 Å². The Hall–Kier alpha value is -2.79. The maximum atomic E-state index is 12.9. The van der Waals surface area contributed by atoms with Gasteiger partial charge >= 0.3 is 0 Å². The van der Waals surface area contributed by atoms with E-state index in [0.29, 0.717) is 12.5 Å². The van der Waals surface area contributed by atoms with E-state index >= 15 is 0 Å². The molecule has 0 atom stereocenters. The number of fused-ring (bicyclic) bond motifs is 1. The van der Waals surface area contributed by atoms with Gasteiger partial charge in [-0.05, 0) is 68.1 Å². The molecule has 0 saturated carbocycles. The van der Waals surface area contributed by atoms with Crippen molar-refractivity contribution in [3.63, 3.8) is 0 Å². The van der Waals surface area contributed by atoms with E-state index in [1.165, 1.54) is 27.7 Å². The molecule has 5 nitrogen and oxygen atoms in total. The number of nitrogens with zero attached hydrogens (tertiary/aromatic N) is 3. The van der Waals surface area contributed by atoms with Gasteiger partial charge in [-0.15, -0.1) is 0 Å². The first-order valence-corrected chi connectivity index (χ1v) is 11.5. The molecule has 5 heteroatoms. The lowest BCUT2D eigenvalue weighted by atomic mass is 9.89. The van der Waals surface area contributed by atoms with Gasteiger partial charge in [-0.1, -0.05) is 30.3 Å². The highest BCUT2D eigenvalue weighted by Gasteiger charge is 2.27. The van der Waals surface area contributed by atoms with E-state index in [1.54, 1.807) is 0 Å². The molecule has 3 aromatic rings. The lowest BCUT2D eigenvalue weighted by molar-refractivity contribution is -0.133. The van der Waals surface area contributed by atoms with Crippen LogP contribution in [0.1, 0.15) is 29.9 Å². The van der Waals surface area contributed by atoms with Crippen molar-refractivity contribution in [2.45, 2.75) is 25.7 Å². The second kappa shape index (κ2) is 8.75. The molecule has 5 rings (SSSR count). The van der Waals surface area contributed by atoms with Crippen molar-refractivity contribution in [3.05, 3.63) is 65.9 Å². The van der Waals surface area contributed by atoms with Gasteiger partial charge in [-0.3, -0.25) is 9.69 Å². The first-order valence-electron chi connectivity index (χ1n) is 11.5. The number of nitrogens with one attached hydrogen (secondary N) is 1. The summed E-state index contributed by atoms with van der Waals surface area (Å²) >= 11 is 0. The largest absolute Gasteiger partial charge is 0.368 e. The zero-order valence-corrected chi connectivity index (χ0v) is 18.4. The van der Waals surface area contributed by atoms with Crippen LogP contribution in [0.25, 0.3) is 10.9 Å². The molecule has 2 aromatic carbocycles. The summed E-state index contributed by atoms with van der Waals surface area (Å²) in [6.45, 7) is 8.15. The highest BCUT2D eigenvalue weighted by Crippen LogP contribution is 2.33. The number of piperazine rings is 1. The summed E-state index contributed by atoms with van der Waals surface area (Å²) in [6.07, 6.45) is 4.43. The van der Waals surface area contributed by atoms with Crippen molar-refractivity contribution in [1.82, 2.24) is 14.8 Å². The number of anilines is 1. The third-order valence-corrected chi connectivity index (χ3v) is 7.01. The van der Waals surface area contributed by atoms with Gasteiger partial charge in [0.15, 0.2) is 0 Å². The molecular formula is C26H32N4O. The predicted octanol–water partition coefficient (Wildman–Crippen LogP) is 4.00. The summed E-state index contributed by atoms with van der Waals surface area (Å²) in [5.74, 6) is 0.870. The molecule has 3 heterocycles. The lowest BCUT2D eigenvalue weighted by Crippen LogP contribution is -2.51. The van der Waals surface area contributed by atoms with Gasteiger partial charge in [0.2, 0.25) is 5.91 Å². The molecule has 2 aliphatic rings. The van der Waals surface area contributed by atoms with Gasteiger partial charge in [0.1, 0.15) is 0 Å². The van der Waals surface area contributed by atoms with Gasteiger partial charge in [-0.25, -0.2) is 0 Å². The molecule has 2 fully saturated rings. The fourth-order valence-corrected chi connectivity index (χ4v) is 5.16. The van der Waals surface area contributed by atoms with E-state index in [9.17, 15) is 4.79 Å². The third kappa shape index (κ3) is 4.33. The molecule has 2 aliphatic heterocycles. The van der Waals surface area contributed by atoms with Crippen LogP contribution in [-0.2, 0) is 4.79 Å². The fourth-order valence-electron chi connectivity index (χ4n) is 5.16. The van der Waals surface area contributed by atoms with E-state index in [1.807, 2.05) is 0 Å². The Morgan fingerprint density at radius 2 is 1.74 bits per heavy atom. The van der Waals surface area contributed by atoms with Gasteiger partial charge in [0.05, 0.1) is 6.54 Å². The van der Waals surface area contributed by atoms with Crippen LogP contribution >= 0.6 is 0 Å². The van der Waals surface area contributed by atoms with Crippen LogP contribution in [-0.4, -0.2) is 66.5 Å². The number of H-pyrrole nitrogens is 1. The van der Waals surface area contributed by atoms with E-state index < -0.39 is 0 Å². The minimum absolute atomic E-state index is 0.287. The van der Waals surface area contributed by atoms with E-state index in [-0.39, 0.29) is 5.91 Å². The maximum absolute atomic E-state index is 12.9. The predicted molar refractivity (Wildman–Crippen MR) is 127 cm³/mol. The van der Waals surface area contributed by atoms with Crippen molar-refractivity contribution < 1.29 is 4.79 Å². The van der Waals surface area contributed by atoms with Gasteiger partial charge in [0, 0.05) is 49.0 Å². The van der Waals surface area contributed by atoms with Crippen LogP contribution in [0.2, 0.25) is 0 Å². The average molecular weight is 417 g/mol. The first kappa shape index (κ1) is 20.1. The highest BCUT2D eigenvalue weighted by atomic mass is 16.2. The molecular weight excluding hydrogens is 384 g/mol. The van der Waals surface area contributed by atoms with Crippen molar-refractivity contribution in [1.29, 1.82) is 0 Å². The Labute approximate surface area is 184 Å². The summed E-state index contributed by atoms with van der Waals surface area (Å²) in [7, 11) is 0. The molecule has 1 N–H and O–H groups in total. The highest BCUT2D eigenvalue weighted by molar-refractivity contribution is 5.83. The third-order valence-electron chi connectivity index (χ3n) is 7.01. The molecule has 0 unspecified atom stereocenters. The Kier molecular flexibility index (Phi) is 5.68. The van der Waals surface area contributed by atoms with Crippen LogP contribution in [0.5, 0.6) is 0 Å². The van der Waals surface area contributed by atoms with Crippen LogP contribution < -0.4 is 4.90 Å². The number of benzene rings is 2. The number of rotatable bonds is 4. The van der Waals surface area contributed by atoms with Crippen molar-refractivity contribution in [3.8, 4) is 0 Å². The van der Waals surface area contributed by atoms with Crippen molar-refractivity contribution in [2.24, 2.45) is 0 Å². The molecule has 0 aliphatic carbocycles. The fraction of sp³-hybridized carbons (Fsp3) is 0.423. The topological polar surface area (TPSA) is 42.6 Å². The number of hydrogen-bond donors (Lipinski definition) is 1. The van der Waals surface area contributed by atoms with E-state index in [4.69, 9.17) is 0 Å². The zero-order chi connectivity index (χ0) is 21.2. The van der Waals surface area contributed by atoms with Crippen LogP contribution in [0.15, 0.2) is 54.7 Å². The van der Waals surface area contributed by atoms with Gasteiger partial charge in [-0.2, -0.15) is 0 Å². The quantitative estimate of drug-likeness (QED) is 0.699. The monoisotopic (exact) mass is 416 g/mol. The number of aromatic nitrogens is 1. The zero-order valence-electron chi connectivity index (χ0n) is 18.4.